The number of ether oxygens (including phenoxy) is 1. The number of benzene rings is 1. The van der Waals surface area contributed by atoms with Gasteiger partial charge in [0.1, 0.15) is 11.6 Å². The van der Waals surface area contributed by atoms with E-state index in [1.54, 1.807) is 12.1 Å². The molecular weight excluding hydrogens is 269 g/mol. The molecule has 21 heavy (non-hydrogen) atoms. The highest BCUT2D eigenvalue weighted by Crippen LogP contribution is 2.26. The number of rotatable bonds is 4. The topological polar surface area (TPSA) is 39.9 Å². The van der Waals surface area contributed by atoms with Crippen molar-refractivity contribution in [3.8, 4) is 5.69 Å². The van der Waals surface area contributed by atoms with Gasteiger partial charge in [0.2, 0.25) is 0 Å². The maximum atomic E-state index is 13.1. The first-order valence-electron chi connectivity index (χ1n) is 7.43. The Bertz CT molecular complexity index is 600. The Balaban J connectivity index is 1.99. The molecule has 4 nitrogen and oxygen atoms in total. The van der Waals surface area contributed by atoms with Gasteiger partial charge in [-0.05, 0) is 36.6 Å². The van der Waals surface area contributed by atoms with Crippen LogP contribution in [0.2, 0.25) is 0 Å². The second-order valence-corrected chi connectivity index (χ2v) is 5.93. The fourth-order valence-corrected chi connectivity index (χ4v) is 2.59. The van der Waals surface area contributed by atoms with Crippen molar-refractivity contribution < 1.29 is 9.13 Å². The van der Waals surface area contributed by atoms with Crippen LogP contribution in [0.5, 0.6) is 0 Å². The minimum atomic E-state index is -0.244. The van der Waals surface area contributed by atoms with Crippen LogP contribution in [0.25, 0.3) is 5.69 Å². The van der Waals surface area contributed by atoms with E-state index in [2.05, 4.69) is 18.9 Å². The lowest BCUT2D eigenvalue weighted by Crippen LogP contribution is -2.09. The first-order chi connectivity index (χ1) is 10.1. The lowest BCUT2D eigenvalue weighted by molar-refractivity contribution is 0.193. The number of hydrogen-bond acceptors (Lipinski definition) is 3. The lowest BCUT2D eigenvalue weighted by Gasteiger charge is -2.09. The fourth-order valence-electron chi connectivity index (χ4n) is 2.59. The zero-order valence-corrected chi connectivity index (χ0v) is 12.4. The summed E-state index contributed by atoms with van der Waals surface area (Å²) in [5.74, 6) is 2.29. The monoisotopic (exact) mass is 289 g/mol. The molecule has 0 bridgehead atoms. The summed E-state index contributed by atoms with van der Waals surface area (Å²) in [4.78, 5) is 4.71. The minimum absolute atomic E-state index is 0.244. The number of aromatic nitrogens is 3. The van der Waals surface area contributed by atoms with Crippen molar-refractivity contribution in [2.45, 2.75) is 32.6 Å². The van der Waals surface area contributed by atoms with Gasteiger partial charge in [-0.2, -0.15) is 5.10 Å². The summed E-state index contributed by atoms with van der Waals surface area (Å²) in [7, 11) is 0. The second-order valence-electron chi connectivity index (χ2n) is 5.93. The van der Waals surface area contributed by atoms with Crippen LogP contribution in [0.1, 0.15) is 37.8 Å². The highest BCUT2D eigenvalue weighted by molar-refractivity contribution is 5.32. The molecule has 1 aliphatic heterocycles. The molecule has 1 saturated heterocycles. The molecule has 112 valence electrons. The van der Waals surface area contributed by atoms with E-state index in [1.165, 1.54) is 12.1 Å². The molecule has 1 fully saturated rings. The average Bonchev–Trinajstić information content (AvgIpc) is 3.07. The van der Waals surface area contributed by atoms with E-state index in [0.717, 1.165) is 36.8 Å². The van der Waals surface area contributed by atoms with Crippen LogP contribution in [0.3, 0.4) is 0 Å². The van der Waals surface area contributed by atoms with E-state index >= 15 is 0 Å². The van der Waals surface area contributed by atoms with Crippen LogP contribution in [-0.4, -0.2) is 28.0 Å². The van der Waals surface area contributed by atoms with Gasteiger partial charge in [0.15, 0.2) is 5.82 Å². The van der Waals surface area contributed by atoms with Crippen LogP contribution >= 0.6 is 0 Å². The Morgan fingerprint density at radius 1 is 1.33 bits per heavy atom. The van der Waals surface area contributed by atoms with Crippen molar-refractivity contribution in [1.29, 1.82) is 0 Å². The zero-order chi connectivity index (χ0) is 14.8. The Labute approximate surface area is 124 Å². The van der Waals surface area contributed by atoms with Crippen molar-refractivity contribution >= 4 is 0 Å². The number of hydrogen-bond donors (Lipinski definition) is 0. The van der Waals surface area contributed by atoms with Gasteiger partial charge in [0.25, 0.3) is 0 Å². The van der Waals surface area contributed by atoms with Gasteiger partial charge in [-0.25, -0.2) is 14.1 Å². The summed E-state index contributed by atoms with van der Waals surface area (Å²) >= 11 is 0. The fraction of sp³-hybridized carbons (Fsp3) is 0.500. The molecule has 1 aromatic heterocycles. The molecule has 2 aromatic rings. The molecule has 0 saturated carbocycles. The van der Waals surface area contributed by atoms with E-state index < -0.39 is 0 Å². The van der Waals surface area contributed by atoms with Gasteiger partial charge in [-0.1, -0.05) is 13.8 Å². The largest absolute Gasteiger partial charge is 0.381 e. The SMILES string of the molecule is CC(C)Cc1nc([C@@H]2CCOC2)n(-c2ccc(F)cc2)n1. The summed E-state index contributed by atoms with van der Waals surface area (Å²) in [6.45, 7) is 5.75. The molecule has 0 N–H and O–H groups in total. The third kappa shape index (κ3) is 3.13. The molecule has 2 heterocycles. The standard InChI is InChI=1S/C16H20FN3O/c1-11(2)9-15-18-16(12-7-8-21-10-12)20(19-15)14-5-3-13(17)4-6-14/h3-6,11-12H,7-10H2,1-2H3/t12-/m1/s1. The molecule has 5 heteroatoms. The second kappa shape index (κ2) is 5.93. The zero-order valence-electron chi connectivity index (χ0n) is 12.4. The van der Waals surface area contributed by atoms with Crippen molar-refractivity contribution in [3.05, 3.63) is 41.7 Å². The van der Waals surface area contributed by atoms with Gasteiger partial charge in [0, 0.05) is 18.9 Å². The van der Waals surface area contributed by atoms with Gasteiger partial charge in [-0.3, -0.25) is 0 Å². The van der Waals surface area contributed by atoms with Crippen molar-refractivity contribution in [2.24, 2.45) is 5.92 Å². The number of halogens is 1. The van der Waals surface area contributed by atoms with Crippen LogP contribution in [-0.2, 0) is 11.2 Å². The first-order valence-corrected chi connectivity index (χ1v) is 7.43. The van der Waals surface area contributed by atoms with E-state index in [-0.39, 0.29) is 11.7 Å². The van der Waals surface area contributed by atoms with Gasteiger partial charge in [0.05, 0.1) is 12.3 Å². The number of nitrogens with zero attached hydrogens (tertiary/aromatic N) is 3. The maximum Gasteiger partial charge on any atom is 0.151 e. The van der Waals surface area contributed by atoms with E-state index in [9.17, 15) is 4.39 Å². The molecule has 1 atom stereocenters. The van der Waals surface area contributed by atoms with Crippen molar-refractivity contribution in [1.82, 2.24) is 14.8 Å². The predicted molar refractivity (Wildman–Crippen MR) is 78.0 cm³/mol. The quantitative estimate of drug-likeness (QED) is 0.868. The van der Waals surface area contributed by atoms with Crippen LogP contribution < -0.4 is 0 Å². The molecule has 0 aliphatic carbocycles. The van der Waals surface area contributed by atoms with Crippen LogP contribution in [0.15, 0.2) is 24.3 Å². The summed E-state index contributed by atoms with van der Waals surface area (Å²) < 4.78 is 20.4. The molecule has 0 radical (unpaired) electrons. The van der Waals surface area contributed by atoms with Crippen molar-refractivity contribution in [3.63, 3.8) is 0 Å². The Hall–Kier alpha value is -1.75. The van der Waals surface area contributed by atoms with E-state index in [4.69, 9.17) is 9.72 Å². The Kier molecular flexibility index (Phi) is 4.01. The normalized spacial score (nSPS) is 18.6. The Morgan fingerprint density at radius 2 is 2.10 bits per heavy atom. The third-order valence-electron chi connectivity index (χ3n) is 3.63. The molecular formula is C16H20FN3O. The summed E-state index contributed by atoms with van der Waals surface area (Å²) in [6.07, 6.45) is 1.80. The summed E-state index contributed by atoms with van der Waals surface area (Å²) in [5, 5.41) is 4.62. The minimum Gasteiger partial charge on any atom is -0.381 e. The van der Waals surface area contributed by atoms with Crippen LogP contribution in [0.4, 0.5) is 4.39 Å². The molecule has 0 spiro atoms. The predicted octanol–water partition coefficient (Wildman–Crippen LogP) is 3.11. The highest BCUT2D eigenvalue weighted by atomic mass is 19.1. The summed E-state index contributed by atoms with van der Waals surface area (Å²) in [5.41, 5.74) is 0.848. The molecule has 1 aliphatic rings. The first kappa shape index (κ1) is 14.2. The van der Waals surface area contributed by atoms with Gasteiger partial charge in [-0.15, -0.1) is 0 Å². The van der Waals surface area contributed by atoms with Crippen molar-refractivity contribution in [2.75, 3.05) is 13.2 Å². The van der Waals surface area contributed by atoms with Gasteiger partial charge >= 0.3 is 0 Å². The molecule has 1 aromatic carbocycles. The highest BCUT2D eigenvalue weighted by Gasteiger charge is 2.25. The molecule has 3 rings (SSSR count). The molecule has 0 amide bonds. The third-order valence-corrected chi connectivity index (χ3v) is 3.63. The average molecular weight is 289 g/mol. The smallest absolute Gasteiger partial charge is 0.151 e. The van der Waals surface area contributed by atoms with E-state index in [1.807, 2.05) is 4.68 Å². The lowest BCUT2D eigenvalue weighted by atomic mass is 10.1. The maximum absolute atomic E-state index is 13.1. The van der Waals surface area contributed by atoms with Crippen LogP contribution in [0, 0.1) is 11.7 Å². The molecule has 0 unspecified atom stereocenters. The Morgan fingerprint density at radius 3 is 2.71 bits per heavy atom. The summed E-state index contributed by atoms with van der Waals surface area (Å²) in [6, 6.07) is 6.38. The van der Waals surface area contributed by atoms with E-state index in [0.29, 0.717) is 12.5 Å². The van der Waals surface area contributed by atoms with Gasteiger partial charge < -0.3 is 4.74 Å².